The minimum Gasteiger partial charge on any atom is -0.480 e. The minimum absolute atomic E-state index is 0.580. The van der Waals surface area contributed by atoms with Crippen LogP contribution < -0.4 is 5.32 Å². The first-order chi connectivity index (χ1) is 5.21. The highest BCUT2D eigenvalue weighted by Gasteiger charge is 2.43. The summed E-state index contributed by atoms with van der Waals surface area (Å²) in [5, 5.41) is 11.8. The Morgan fingerprint density at radius 1 is 1.82 bits per heavy atom. The number of rotatable bonds is 4. The first-order valence-electron chi connectivity index (χ1n) is 3.69. The predicted octanol–water partition coefficient (Wildman–Crippen LogP) is 0.556. The van der Waals surface area contributed by atoms with Crippen LogP contribution in [0.15, 0.2) is 0 Å². The van der Waals surface area contributed by atoms with Crippen molar-refractivity contribution >= 4 is 17.7 Å². The van der Waals surface area contributed by atoms with Crippen LogP contribution in [-0.2, 0) is 4.79 Å². The topological polar surface area (TPSA) is 49.3 Å². The summed E-state index contributed by atoms with van der Waals surface area (Å²) in [4.78, 5) is 10.7. The Bertz CT molecular complexity index is 157. The van der Waals surface area contributed by atoms with E-state index in [-0.39, 0.29) is 0 Å². The molecule has 4 heteroatoms. The lowest BCUT2D eigenvalue weighted by molar-refractivity contribution is -0.148. The van der Waals surface area contributed by atoms with Crippen LogP contribution in [0.2, 0.25) is 0 Å². The van der Waals surface area contributed by atoms with E-state index in [1.54, 1.807) is 11.8 Å². The van der Waals surface area contributed by atoms with Crippen LogP contribution in [0.25, 0.3) is 0 Å². The smallest absolute Gasteiger partial charge is 0.323 e. The van der Waals surface area contributed by atoms with Crippen LogP contribution in [0.1, 0.15) is 12.8 Å². The van der Waals surface area contributed by atoms with Crippen LogP contribution in [-0.4, -0.2) is 35.2 Å². The summed E-state index contributed by atoms with van der Waals surface area (Å²) in [6.45, 7) is 0.848. The SMILES string of the molecule is CSCC[C@]1(C(=O)O)CCN1. The molecule has 0 amide bonds. The summed E-state index contributed by atoms with van der Waals surface area (Å²) in [5.41, 5.74) is -0.580. The van der Waals surface area contributed by atoms with Crippen molar-refractivity contribution in [2.24, 2.45) is 0 Å². The second-order valence-electron chi connectivity index (χ2n) is 2.81. The van der Waals surface area contributed by atoms with E-state index in [0.29, 0.717) is 0 Å². The number of hydrogen-bond acceptors (Lipinski definition) is 3. The van der Waals surface area contributed by atoms with Gasteiger partial charge >= 0.3 is 5.97 Å². The average molecular weight is 175 g/mol. The Labute approximate surface area is 70.6 Å². The van der Waals surface area contributed by atoms with Gasteiger partial charge in [0, 0.05) is 0 Å². The minimum atomic E-state index is -0.696. The van der Waals surface area contributed by atoms with Crippen molar-refractivity contribution in [3.8, 4) is 0 Å². The van der Waals surface area contributed by atoms with Gasteiger partial charge in [-0.25, -0.2) is 0 Å². The lowest BCUT2D eigenvalue weighted by Crippen LogP contribution is -2.62. The summed E-state index contributed by atoms with van der Waals surface area (Å²) in [6.07, 6.45) is 3.51. The third-order valence-electron chi connectivity index (χ3n) is 2.16. The fraction of sp³-hybridized carbons (Fsp3) is 0.857. The molecule has 0 radical (unpaired) electrons. The van der Waals surface area contributed by atoms with Crippen molar-refractivity contribution in [2.45, 2.75) is 18.4 Å². The van der Waals surface area contributed by atoms with Crippen molar-refractivity contribution < 1.29 is 9.90 Å². The lowest BCUT2D eigenvalue weighted by Gasteiger charge is -2.39. The summed E-state index contributed by atoms with van der Waals surface area (Å²) >= 11 is 1.69. The maximum absolute atomic E-state index is 10.7. The predicted molar refractivity (Wildman–Crippen MR) is 46.0 cm³/mol. The molecule has 1 heterocycles. The highest BCUT2D eigenvalue weighted by Crippen LogP contribution is 2.24. The van der Waals surface area contributed by atoms with Crippen molar-refractivity contribution in [1.29, 1.82) is 0 Å². The monoisotopic (exact) mass is 175 g/mol. The van der Waals surface area contributed by atoms with E-state index in [4.69, 9.17) is 5.11 Å². The number of hydrogen-bond donors (Lipinski definition) is 2. The van der Waals surface area contributed by atoms with Gasteiger partial charge in [0.15, 0.2) is 0 Å². The Morgan fingerprint density at radius 3 is 2.73 bits per heavy atom. The first-order valence-corrected chi connectivity index (χ1v) is 5.08. The van der Waals surface area contributed by atoms with Crippen LogP contribution >= 0.6 is 11.8 Å². The molecule has 2 N–H and O–H groups in total. The molecule has 1 aliphatic heterocycles. The molecule has 0 aliphatic carbocycles. The third-order valence-corrected chi connectivity index (χ3v) is 2.77. The maximum atomic E-state index is 10.7. The molecule has 0 spiro atoms. The molecule has 1 aliphatic rings. The molecule has 1 atom stereocenters. The lowest BCUT2D eigenvalue weighted by atomic mass is 9.85. The van der Waals surface area contributed by atoms with E-state index in [2.05, 4.69) is 5.32 Å². The fourth-order valence-electron chi connectivity index (χ4n) is 1.21. The van der Waals surface area contributed by atoms with E-state index in [9.17, 15) is 4.79 Å². The molecule has 0 aromatic heterocycles. The molecule has 0 unspecified atom stereocenters. The van der Waals surface area contributed by atoms with Crippen LogP contribution in [0.5, 0.6) is 0 Å². The third kappa shape index (κ3) is 1.68. The normalized spacial score (nSPS) is 29.5. The second kappa shape index (κ2) is 3.45. The number of carbonyl (C=O) groups is 1. The fourth-order valence-corrected chi connectivity index (χ4v) is 1.76. The molecule has 1 fully saturated rings. The zero-order valence-electron chi connectivity index (χ0n) is 6.59. The van der Waals surface area contributed by atoms with Gasteiger partial charge in [0.05, 0.1) is 0 Å². The van der Waals surface area contributed by atoms with Crippen molar-refractivity contribution in [1.82, 2.24) is 5.32 Å². The molecule has 0 aromatic carbocycles. The molecule has 0 bridgehead atoms. The standard InChI is InChI=1S/C7H13NO2S/c1-11-5-3-7(6(9)10)2-4-8-7/h8H,2-5H2,1H3,(H,9,10)/t7-/m0/s1. The molecule has 3 nitrogen and oxygen atoms in total. The van der Waals surface area contributed by atoms with Gasteiger partial charge in [-0.15, -0.1) is 0 Å². The number of thioether (sulfide) groups is 1. The zero-order chi connectivity index (χ0) is 8.32. The molecular formula is C7H13NO2S. The van der Waals surface area contributed by atoms with Gasteiger partial charge in [-0.3, -0.25) is 4.79 Å². The number of carboxylic acid groups (broad SMARTS) is 1. The summed E-state index contributed by atoms with van der Waals surface area (Å²) in [5.74, 6) is 0.219. The van der Waals surface area contributed by atoms with Crippen LogP contribution in [0.4, 0.5) is 0 Å². The summed E-state index contributed by atoms with van der Waals surface area (Å²) < 4.78 is 0. The largest absolute Gasteiger partial charge is 0.480 e. The van der Waals surface area contributed by atoms with E-state index >= 15 is 0 Å². The van der Waals surface area contributed by atoms with Crippen LogP contribution in [0, 0.1) is 0 Å². The Morgan fingerprint density at radius 2 is 2.45 bits per heavy atom. The molecule has 11 heavy (non-hydrogen) atoms. The molecule has 1 rings (SSSR count). The van der Waals surface area contributed by atoms with E-state index < -0.39 is 11.5 Å². The quantitative estimate of drug-likeness (QED) is 0.655. The maximum Gasteiger partial charge on any atom is 0.323 e. The Hall–Kier alpha value is -0.220. The van der Waals surface area contributed by atoms with Gasteiger partial charge in [0.25, 0.3) is 0 Å². The number of aliphatic carboxylic acids is 1. The molecular weight excluding hydrogens is 162 g/mol. The zero-order valence-corrected chi connectivity index (χ0v) is 7.41. The summed E-state index contributed by atoms with van der Waals surface area (Å²) in [6, 6.07) is 0. The van der Waals surface area contributed by atoms with Crippen molar-refractivity contribution in [3.05, 3.63) is 0 Å². The summed E-state index contributed by atoms with van der Waals surface area (Å²) in [7, 11) is 0. The van der Waals surface area contributed by atoms with Crippen molar-refractivity contribution in [3.63, 3.8) is 0 Å². The highest BCUT2D eigenvalue weighted by molar-refractivity contribution is 7.98. The van der Waals surface area contributed by atoms with Crippen molar-refractivity contribution in [2.75, 3.05) is 18.6 Å². The van der Waals surface area contributed by atoms with E-state index in [1.165, 1.54) is 0 Å². The molecule has 64 valence electrons. The van der Waals surface area contributed by atoms with Gasteiger partial charge in [0.1, 0.15) is 5.54 Å². The molecule has 0 aromatic rings. The van der Waals surface area contributed by atoms with Crippen LogP contribution in [0.3, 0.4) is 0 Å². The van der Waals surface area contributed by atoms with E-state index in [0.717, 1.165) is 25.1 Å². The second-order valence-corrected chi connectivity index (χ2v) is 3.79. The highest BCUT2D eigenvalue weighted by atomic mass is 32.2. The number of carboxylic acids is 1. The van der Waals surface area contributed by atoms with Gasteiger partial charge in [-0.2, -0.15) is 11.8 Å². The molecule has 1 saturated heterocycles. The van der Waals surface area contributed by atoms with E-state index in [1.807, 2.05) is 6.26 Å². The Balaban J connectivity index is 2.40. The Kier molecular flexibility index (Phi) is 2.78. The molecule has 0 saturated carbocycles. The van der Waals surface area contributed by atoms with Gasteiger partial charge in [-0.05, 0) is 31.4 Å². The number of nitrogens with one attached hydrogen (secondary N) is 1. The first kappa shape index (κ1) is 8.87. The van der Waals surface area contributed by atoms with Gasteiger partial charge in [0.2, 0.25) is 0 Å². The average Bonchev–Trinajstić information content (AvgIpc) is 1.85. The van der Waals surface area contributed by atoms with Gasteiger partial charge < -0.3 is 10.4 Å². The van der Waals surface area contributed by atoms with Gasteiger partial charge in [-0.1, -0.05) is 0 Å².